The van der Waals surface area contributed by atoms with Gasteiger partial charge in [0.25, 0.3) is 0 Å². The van der Waals surface area contributed by atoms with E-state index in [-0.39, 0.29) is 51.4 Å². The van der Waals surface area contributed by atoms with E-state index in [1.165, 1.54) is 12.0 Å². The van der Waals surface area contributed by atoms with Gasteiger partial charge in [0.2, 0.25) is 0 Å². The van der Waals surface area contributed by atoms with E-state index in [0.29, 0.717) is 0 Å². The number of rotatable bonds is 2. The number of benzene rings is 1. The maximum absolute atomic E-state index is 8.56. The summed E-state index contributed by atoms with van der Waals surface area (Å²) >= 11 is 0. The Labute approximate surface area is 135 Å². The van der Waals surface area contributed by atoms with Gasteiger partial charge in [0.05, 0.1) is 0 Å². The summed E-state index contributed by atoms with van der Waals surface area (Å²) < 4.78 is 24.1. The zero-order chi connectivity index (χ0) is 11.0. The molecule has 5 heteroatoms. The van der Waals surface area contributed by atoms with Crippen LogP contribution in [0.4, 0.5) is 0 Å². The van der Waals surface area contributed by atoms with Crippen molar-refractivity contribution in [1.29, 1.82) is 0 Å². The number of hydrogen-bond acceptors (Lipinski definition) is 3. The molecule has 0 spiro atoms. The molecule has 0 aromatic heterocycles. The Hall–Kier alpha value is 0.766. The zero-order valence-electron chi connectivity index (χ0n) is 9.34. The molecule has 0 unspecified atom stereocenters. The van der Waals surface area contributed by atoms with Gasteiger partial charge in [-0.15, -0.1) is 0 Å². The number of hydrogen-bond donors (Lipinski definition) is 1. The molecular formula is C10H15KO3S. The van der Waals surface area contributed by atoms with Crippen LogP contribution in [0.2, 0.25) is 0 Å². The van der Waals surface area contributed by atoms with Crippen LogP contribution in [0.3, 0.4) is 0 Å². The van der Waals surface area contributed by atoms with E-state index in [1.807, 2.05) is 0 Å². The first-order chi connectivity index (χ1) is 6.52. The molecule has 0 aliphatic carbocycles. The Morgan fingerprint density at radius 3 is 1.93 bits per heavy atom. The molecule has 1 rings (SSSR count). The van der Waals surface area contributed by atoms with Crippen LogP contribution in [-0.2, 0) is 25.8 Å². The molecule has 0 atom stereocenters. The van der Waals surface area contributed by atoms with Crippen LogP contribution in [0.15, 0.2) is 30.3 Å². The summed E-state index contributed by atoms with van der Waals surface area (Å²) in [4.78, 5) is 0. The van der Waals surface area contributed by atoms with Gasteiger partial charge in [0.1, 0.15) is 0 Å². The molecular weight excluding hydrogens is 239 g/mol. The fraction of sp³-hybridized carbons (Fsp3) is 0.400. The minimum Gasteiger partial charge on any atom is -0.439 e. The van der Waals surface area contributed by atoms with Crippen LogP contribution in [0, 0.1) is 5.92 Å². The van der Waals surface area contributed by atoms with Crippen molar-refractivity contribution in [3.8, 4) is 0 Å². The molecule has 0 heterocycles. The minimum atomic E-state index is -2.86. The average molecular weight is 254 g/mol. The van der Waals surface area contributed by atoms with Gasteiger partial charge in [0, 0.05) is 11.0 Å². The normalized spacial score (nSPS) is 9.13. The molecule has 15 heavy (non-hydrogen) atoms. The molecule has 80 valence electrons. The van der Waals surface area contributed by atoms with Gasteiger partial charge in [-0.05, 0) is 17.9 Å². The van der Waals surface area contributed by atoms with Crippen LogP contribution in [0.5, 0.6) is 0 Å². The van der Waals surface area contributed by atoms with E-state index < -0.39 is 11.0 Å². The van der Waals surface area contributed by atoms with E-state index in [0.717, 1.165) is 5.92 Å². The van der Waals surface area contributed by atoms with Crippen LogP contribution < -0.4 is 51.4 Å². The minimum absolute atomic E-state index is 0. The van der Waals surface area contributed by atoms with E-state index in [4.69, 9.17) is 13.0 Å². The third kappa shape index (κ3) is 14.8. The Morgan fingerprint density at radius 2 is 1.60 bits per heavy atom. The summed E-state index contributed by atoms with van der Waals surface area (Å²) in [7, 11) is -2.86. The summed E-state index contributed by atoms with van der Waals surface area (Å²) in [5.74, 6) is 0.766. The third-order valence-electron chi connectivity index (χ3n) is 1.49. The van der Waals surface area contributed by atoms with Crippen molar-refractivity contribution < 1.29 is 64.4 Å². The van der Waals surface area contributed by atoms with Crippen LogP contribution in [0.1, 0.15) is 19.4 Å². The van der Waals surface area contributed by atoms with Gasteiger partial charge in [-0.3, -0.25) is 0 Å². The van der Waals surface area contributed by atoms with Gasteiger partial charge in [-0.1, -0.05) is 44.2 Å². The molecule has 0 aliphatic heterocycles. The zero-order valence-corrected chi connectivity index (χ0v) is 13.3. The van der Waals surface area contributed by atoms with Crippen LogP contribution >= 0.6 is 0 Å². The molecule has 0 aliphatic rings. The van der Waals surface area contributed by atoms with Crippen molar-refractivity contribution in [2.45, 2.75) is 20.3 Å². The monoisotopic (exact) mass is 254 g/mol. The first-order valence-corrected chi connectivity index (χ1v) is 5.37. The average Bonchev–Trinajstić information content (AvgIpc) is 2.03. The van der Waals surface area contributed by atoms with Crippen molar-refractivity contribution >= 4 is 11.0 Å². The molecule has 1 aromatic carbocycles. The molecule has 0 fully saturated rings. The van der Waals surface area contributed by atoms with E-state index in [1.54, 1.807) is 0 Å². The van der Waals surface area contributed by atoms with Gasteiger partial charge in [0.15, 0.2) is 0 Å². The Morgan fingerprint density at radius 1 is 1.20 bits per heavy atom. The topological polar surface area (TPSA) is 54.4 Å². The van der Waals surface area contributed by atoms with Crippen molar-refractivity contribution in [1.82, 2.24) is 0 Å². The predicted octanol–water partition coefficient (Wildman–Crippen LogP) is -0.342. The molecule has 1 N–H and O–H groups in total. The third-order valence-corrected chi connectivity index (χ3v) is 1.49. The molecule has 0 radical (unpaired) electrons. The second kappa shape index (κ2) is 11.3. The van der Waals surface area contributed by atoms with Gasteiger partial charge in [-0.2, -0.15) is 0 Å². The molecule has 0 saturated carbocycles. The van der Waals surface area contributed by atoms with Crippen molar-refractivity contribution in [2.75, 3.05) is 0 Å². The molecule has 0 bridgehead atoms. The summed E-state index contributed by atoms with van der Waals surface area (Å²) in [5.41, 5.74) is 1.44. The predicted molar refractivity (Wildman–Crippen MR) is 56.4 cm³/mol. The first-order valence-electron chi connectivity index (χ1n) is 4.34. The summed E-state index contributed by atoms with van der Waals surface area (Å²) in [6.07, 6.45) is 1.20. The second-order valence-corrected chi connectivity index (χ2v) is 3.73. The fourth-order valence-electron chi connectivity index (χ4n) is 1.09. The Kier molecular flexibility index (Phi) is 13.6. The van der Waals surface area contributed by atoms with E-state index >= 15 is 0 Å². The summed E-state index contributed by atoms with van der Waals surface area (Å²) in [6, 6.07) is 10.6. The first kappa shape index (κ1) is 18.1. The summed E-state index contributed by atoms with van der Waals surface area (Å²) in [5, 5.41) is 0. The van der Waals surface area contributed by atoms with Gasteiger partial charge < -0.3 is 13.0 Å². The van der Waals surface area contributed by atoms with E-state index in [9.17, 15) is 0 Å². The maximum atomic E-state index is 8.56. The quantitative estimate of drug-likeness (QED) is 0.340. The van der Waals surface area contributed by atoms with Crippen molar-refractivity contribution in [3.05, 3.63) is 35.9 Å². The van der Waals surface area contributed by atoms with Crippen molar-refractivity contribution in [3.63, 3.8) is 0 Å². The van der Waals surface area contributed by atoms with Crippen molar-refractivity contribution in [2.24, 2.45) is 5.92 Å². The maximum Gasteiger partial charge on any atom is 1.00 e. The fourth-order valence-corrected chi connectivity index (χ4v) is 1.09. The Balaban J connectivity index is 0. The molecule has 0 saturated heterocycles. The van der Waals surface area contributed by atoms with Crippen LogP contribution in [-0.4, -0.2) is 4.55 Å². The second-order valence-electron chi connectivity index (χ2n) is 3.30. The standard InChI is InChI=1S/C10H14.K.HO3S/c1-9(2)8-10-6-4-3-5-7-10;;1-4(2)3/h3-7,9H,8H2,1-2H3;;(H,1,2,3)/q;+1;-1. The Bertz CT molecular complexity index is 302. The smallest absolute Gasteiger partial charge is 0.439 e. The largest absolute Gasteiger partial charge is 1.00 e. The SMILES string of the molecule is CC(C)Cc1ccccc1.O=[S-](=O)O.[K+]. The molecule has 0 amide bonds. The summed E-state index contributed by atoms with van der Waals surface area (Å²) in [6.45, 7) is 4.49. The van der Waals surface area contributed by atoms with Gasteiger partial charge in [-0.25, -0.2) is 0 Å². The molecule has 3 nitrogen and oxygen atoms in total. The van der Waals surface area contributed by atoms with Gasteiger partial charge >= 0.3 is 51.4 Å². The van der Waals surface area contributed by atoms with Crippen LogP contribution in [0.25, 0.3) is 0 Å². The van der Waals surface area contributed by atoms with E-state index in [2.05, 4.69) is 44.2 Å². The molecule has 1 aromatic rings.